The number of rotatable bonds is 6. The first-order valence-corrected chi connectivity index (χ1v) is 8.60. The van der Waals surface area contributed by atoms with E-state index in [0.717, 1.165) is 27.7 Å². The summed E-state index contributed by atoms with van der Waals surface area (Å²) < 4.78 is 4.28. The van der Waals surface area contributed by atoms with Gasteiger partial charge in [0.1, 0.15) is 10.8 Å². The molecule has 2 unspecified atom stereocenters. The number of anilines is 2. The molecule has 0 aliphatic carbocycles. The van der Waals surface area contributed by atoms with Crippen molar-refractivity contribution in [2.45, 2.75) is 46.6 Å². The standard InChI is InChI=1S/C14H22N4S2/c1-5-8(2)6-9(3)16-14-12(13(15)18-20-14)11-7-19-10(4)17-11/h7-9,16H,5-6H2,1-4H3,(H2,15,18). The van der Waals surface area contributed by atoms with Gasteiger partial charge in [0.15, 0.2) is 0 Å². The van der Waals surface area contributed by atoms with Crippen LogP contribution < -0.4 is 11.1 Å². The van der Waals surface area contributed by atoms with E-state index in [1.165, 1.54) is 18.0 Å². The normalized spacial score (nSPS) is 14.2. The van der Waals surface area contributed by atoms with Crippen LogP contribution in [0, 0.1) is 12.8 Å². The summed E-state index contributed by atoms with van der Waals surface area (Å²) in [7, 11) is 0. The highest BCUT2D eigenvalue weighted by Crippen LogP contribution is 2.37. The summed E-state index contributed by atoms with van der Waals surface area (Å²) in [5, 5.41) is 7.66. The minimum Gasteiger partial charge on any atom is -0.382 e. The highest BCUT2D eigenvalue weighted by atomic mass is 32.1. The highest BCUT2D eigenvalue weighted by Gasteiger charge is 2.18. The van der Waals surface area contributed by atoms with Crippen molar-refractivity contribution >= 4 is 33.7 Å². The van der Waals surface area contributed by atoms with Crippen molar-refractivity contribution in [1.29, 1.82) is 0 Å². The van der Waals surface area contributed by atoms with Crippen LogP contribution in [0.5, 0.6) is 0 Å². The Kier molecular flexibility index (Phi) is 4.99. The van der Waals surface area contributed by atoms with Crippen LogP contribution in [-0.2, 0) is 0 Å². The number of thiazole rings is 1. The van der Waals surface area contributed by atoms with Crippen LogP contribution in [-0.4, -0.2) is 15.4 Å². The Hall–Kier alpha value is -1.14. The van der Waals surface area contributed by atoms with E-state index in [1.807, 2.05) is 12.3 Å². The van der Waals surface area contributed by atoms with E-state index < -0.39 is 0 Å². The molecule has 0 bridgehead atoms. The van der Waals surface area contributed by atoms with E-state index in [1.54, 1.807) is 11.3 Å². The molecule has 2 rings (SSSR count). The number of nitrogen functional groups attached to an aromatic ring is 1. The van der Waals surface area contributed by atoms with Gasteiger partial charge in [0.2, 0.25) is 0 Å². The molecule has 6 heteroatoms. The molecule has 2 atom stereocenters. The summed E-state index contributed by atoms with van der Waals surface area (Å²) in [6.07, 6.45) is 2.35. The van der Waals surface area contributed by atoms with Crippen molar-refractivity contribution in [2.24, 2.45) is 5.92 Å². The zero-order chi connectivity index (χ0) is 14.7. The van der Waals surface area contributed by atoms with Gasteiger partial charge in [-0.2, -0.15) is 4.37 Å². The van der Waals surface area contributed by atoms with Crippen LogP contribution in [0.25, 0.3) is 11.3 Å². The Morgan fingerprint density at radius 3 is 2.75 bits per heavy atom. The monoisotopic (exact) mass is 310 g/mol. The number of nitrogens with two attached hydrogens (primary N) is 1. The van der Waals surface area contributed by atoms with Crippen molar-refractivity contribution in [1.82, 2.24) is 9.36 Å². The first kappa shape index (κ1) is 15.3. The quantitative estimate of drug-likeness (QED) is 0.830. The predicted molar refractivity (Wildman–Crippen MR) is 89.5 cm³/mol. The molecule has 0 aliphatic heterocycles. The summed E-state index contributed by atoms with van der Waals surface area (Å²) >= 11 is 3.06. The summed E-state index contributed by atoms with van der Waals surface area (Å²) in [4.78, 5) is 4.52. The second-order valence-electron chi connectivity index (χ2n) is 5.32. The first-order valence-electron chi connectivity index (χ1n) is 6.95. The third kappa shape index (κ3) is 3.49. The zero-order valence-corrected chi connectivity index (χ0v) is 14.1. The molecule has 0 aromatic carbocycles. The highest BCUT2D eigenvalue weighted by molar-refractivity contribution is 7.11. The van der Waals surface area contributed by atoms with E-state index in [9.17, 15) is 0 Å². The smallest absolute Gasteiger partial charge is 0.148 e. The van der Waals surface area contributed by atoms with Gasteiger partial charge in [0.05, 0.1) is 16.3 Å². The third-order valence-electron chi connectivity index (χ3n) is 3.42. The van der Waals surface area contributed by atoms with Crippen LogP contribution in [0.1, 0.15) is 38.6 Å². The molecule has 0 radical (unpaired) electrons. The molecule has 2 aromatic rings. The lowest BCUT2D eigenvalue weighted by Gasteiger charge is -2.18. The molecule has 0 fully saturated rings. The molecule has 0 amide bonds. The topological polar surface area (TPSA) is 63.8 Å². The van der Waals surface area contributed by atoms with E-state index >= 15 is 0 Å². The lowest BCUT2D eigenvalue weighted by atomic mass is 10.0. The lowest BCUT2D eigenvalue weighted by Crippen LogP contribution is -2.18. The van der Waals surface area contributed by atoms with Crippen LogP contribution in [0.2, 0.25) is 0 Å². The largest absolute Gasteiger partial charge is 0.382 e. The number of nitrogens with one attached hydrogen (secondary N) is 1. The molecular formula is C14H22N4S2. The summed E-state index contributed by atoms with van der Waals surface area (Å²) in [6.45, 7) is 8.72. The van der Waals surface area contributed by atoms with Crippen LogP contribution >= 0.6 is 22.9 Å². The van der Waals surface area contributed by atoms with Crippen molar-refractivity contribution in [3.8, 4) is 11.3 Å². The Morgan fingerprint density at radius 1 is 1.40 bits per heavy atom. The molecule has 4 nitrogen and oxygen atoms in total. The van der Waals surface area contributed by atoms with Gasteiger partial charge >= 0.3 is 0 Å². The van der Waals surface area contributed by atoms with E-state index in [0.29, 0.717) is 17.8 Å². The molecular weight excluding hydrogens is 288 g/mol. The summed E-state index contributed by atoms with van der Waals surface area (Å²) in [6, 6.07) is 0.406. The van der Waals surface area contributed by atoms with E-state index in [-0.39, 0.29) is 0 Å². The predicted octanol–water partition coefficient (Wildman–Crippen LogP) is 4.39. The Labute approximate surface area is 128 Å². The van der Waals surface area contributed by atoms with E-state index in [2.05, 4.69) is 35.4 Å². The molecule has 20 heavy (non-hydrogen) atoms. The van der Waals surface area contributed by atoms with Crippen LogP contribution in [0.3, 0.4) is 0 Å². The molecule has 0 spiro atoms. The average Bonchev–Trinajstić information content (AvgIpc) is 2.95. The molecule has 2 heterocycles. The Morgan fingerprint density at radius 2 is 2.15 bits per heavy atom. The summed E-state index contributed by atoms with van der Waals surface area (Å²) in [5.74, 6) is 1.28. The number of hydrogen-bond acceptors (Lipinski definition) is 6. The van der Waals surface area contributed by atoms with Gasteiger partial charge in [0, 0.05) is 11.4 Å². The molecule has 0 aliphatic rings. The van der Waals surface area contributed by atoms with E-state index in [4.69, 9.17) is 5.73 Å². The second kappa shape index (κ2) is 6.54. The third-order valence-corrected chi connectivity index (χ3v) is 4.99. The first-order chi connectivity index (χ1) is 9.51. The number of hydrogen-bond donors (Lipinski definition) is 2. The van der Waals surface area contributed by atoms with Crippen molar-refractivity contribution in [2.75, 3.05) is 11.1 Å². The fraction of sp³-hybridized carbons (Fsp3) is 0.571. The van der Waals surface area contributed by atoms with Crippen molar-refractivity contribution < 1.29 is 0 Å². The van der Waals surface area contributed by atoms with Crippen LogP contribution in [0.4, 0.5) is 10.8 Å². The molecule has 110 valence electrons. The second-order valence-corrected chi connectivity index (χ2v) is 7.15. The van der Waals surface area contributed by atoms with Crippen molar-refractivity contribution in [3.63, 3.8) is 0 Å². The summed E-state index contributed by atoms with van der Waals surface area (Å²) in [5.41, 5.74) is 7.89. The molecule has 3 N–H and O–H groups in total. The number of aromatic nitrogens is 2. The number of aryl methyl sites for hydroxylation is 1. The SMILES string of the molecule is CCC(C)CC(C)Nc1snc(N)c1-c1csc(C)n1. The minimum atomic E-state index is 0.406. The van der Waals surface area contributed by atoms with Gasteiger partial charge in [-0.15, -0.1) is 11.3 Å². The van der Waals surface area contributed by atoms with Gasteiger partial charge in [-0.05, 0) is 37.7 Å². The van der Waals surface area contributed by atoms with Gasteiger partial charge in [-0.3, -0.25) is 0 Å². The molecule has 2 aromatic heterocycles. The van der Waals surface area contributed by atoms with Gasteiger partial charge < -0.3 is 11.1 Å². The fourth-order valence-corrected chi connectivity index (χ4v) is 3.62. The maximum atomic E-state index is 6.01. The molecule has 0 saturated carbocycles. The minimum absolute atomic E-state index is 0.406. The zero-order valence-electron chi connectivity index (χ0n) is 12.4. The molecule has 0 saturated heterocycles. The average molecular weight is 310 g/mol. The Bertz CT molecular complexity index is 561. The Balaban J connectivity index is 2.17. The van der Waals surface area contributed by atoms with Gasteiger partial charge in [0.25, 0.3) is 0 Å². The van der Waals surface area contributed by atoms with Gasteiger partial charge in [-0.25, -0.2) is 4.98 Å². The fourth-order valence-electron chi connectivity index (χ4n) is 2.18. The maximum absolute atomic E-state index is 6.01. The lowest BCUT2D eigenvalue weighted by molar-refractivity contribution is 0.484. The van der Waals surface area contributed by atoms with Crippen LogP contribution in [0.15, 0.2) is 5.38 Å². The van der Waals surface area contributed by atoms with Crippen molar-refractivity contribution in [3.05, 3.63) is 10.4 Å². The maximum Gasteiger partial charge on any atom is 0.148 e. The number of nitrogens with zero attached hydrogens (tertiary/aromatic N) is 2. The van der Waals surface area contributed by atoms with Gasteiger partial charge in [-0.1, -0.05) is 20.3 Å².